The van der Waals surface area contributed by atoms with Crippen molar-refractivity contribution in [2.75, 3.05) is 12.3 Å². The van der Waals surface area contributed by atoms with Gasteiger partial charge in [0.25, 0.3) is 0 Å². The lowest BCUT2D eigenvalue weighted by Crippen LogP contribution is -2.38. The molecule has 2 atom stereocenters. The van der Waals surface area contributed by atoms with Gasteiger partial charge >= 0.3 is 0 Å². The van der Waals surface area contributed by atoms with Gasteiger partial charge in [-0.1, -0.05) is 25.1 Å². The van der Waals surface area contributed by atoms with Crippen molar-refractivity contribution >= 4 is 11.8 Å². The van der Waals surface area contributed by atoms with Crippen LogP contribution in [0.1, 0.15) is 30.7 Å². The van der Waals surface area contributed by atoms with Gasteiger partial charge in [-0.2, -0.15) is 4.80 Å². The maximum atomic E-state index is 4.33. The van der Waals surface area contributed by atoms with Crippen LogP contribution in [-0.4, -0.2) is 38.5 Å². The first-order chi connectivity index (χ1) is 10.3. The number of hydrogen-bond donors (Lipinski definition) is 1. The highest BCUT2D eigenvalue weighted by molar-refractivity contribution is 7.99. The van der Waals surface area contributed by atoms with E-state index in [4.69, 9.17) is 0 Å². The van der Waals surface area contributed by atoms with E-state index in [0.29, 0.717) is 12.0 Å². The summed E-state index contributed by atoms with van der Waals surface area (Å²) in [5, 5.41) is 16.1. The lowest BCUT2D eigenvalue weighted by atomic mass is 9.91. The van der Waals surface area contributed by atoms with Crippen LogP contribution in [0.25, 0.3) is 0 Å². The maximum absolute atomic E-state index is 4.33. The van der Waals surface area contributed by atoms with Gasteiger partial charge in [0.05, 0.1) is 7.05 Å². The largest absolute Gasteiger partial charge is 0.313 e. The van der Waals surface area contributed by atoms with E-state index in [1.807, 2.05) is 18.8 Å². The van der Waals surface area contributed by atoms with Crippen LogP contribution in [-0.2, 0) is 13.5 Å². The van der Waals surface area contributed by atoms with Crippen LogP contribution >= 0.6 is 11.8 Å². The number of benzene rings is 1. The molecule has 0 saturated carbocycles. The summed E-state index contributed by atoms with van der Waals surface area (Å²) in [5.74, 6) is 2.46. The minimum Gasteiger partial charge on any atom is -0.313 e. The Morgan fingerprint density at radius 1 is 1.43 bits per heavy atom. The summed E-state index contributed by atoms with van der Waals surface area (Å²) in [4.78, 5) is 2.95. The van der Waals surface area contributed by atoms with Crippen molar-refractivity contribution in [1.82, 2.24) is 25.5 Å². The fraction of sp³-hybridized carbons (Fsp3) is 0.533. The molecule has 0 amide bonds. The predicted octanol–water partition coefficient (Wildman–Crippen LogP) is 2.01. The summed E-state index contributed by atoms with van der Waals surface area (Å²) in [6, 6.07) is 9.09. The lowest BCUT2D eigenvalue weighted by molar-refractivity contribution is 0.443. The number of thioether (sulfide) groups is 1. The van der Waals surface area contributed by atoms with Crippen molar-refractivity contribution in [3.63, 3.8) is 0 Å². The Morgan fingerprint density at radius 2 is 2.29 bits per heavy atom. The molecule has 5 nitrogen and oxygen atoms in total. The van der Waals surface area contributed by atoms with Gasteiger partial charge in [0.1, 0.15) is 0 Å². The van der Waals surface area contributed by atoms with Crippen LogP contribution in [0, 0.1) is 0 Å². The van der Waals surface area contributed by atoms with Gasteiger partial charge < -0.3 is 5.32 Å². The van der Waals surface area contributed by atoms with Crippen LogP contribution in [0.4, 0.5) is 0 Å². The standard InChI is InChI=1S/C15H21N5S/c1-3-8-16-13(9-15-17-19-20(2)18-15)12-10-21-14-7-5-4-6-11(12)14/h4-7,12-13,16H,3,8-10H2,1-2H3. The second kappa shape index (κ2) is 6.58. The summed E-state index contributed by atoms with van der Waals surface area (Å²) < 4.78 is 0. The number of fused-ring (bicyclic) bond motifs is 1. The molecular formula is C15H21N5S. The van der Waals surface area contributed by atoms with Gasteiger partial charge in [0.2, 0.25) is 0 Å². The lowest BCUT2D eigenvalue weighted by Gasteiger charge is -2.24. The van der Waals surface area contributed by atoms with E-state index in [2.05, 4.69) is 51.9 Å². The molecule has 0 aliphatic carbocycles. The maximum Gasteiger partial charge on any atom is 0.176 e. The summed E-state index contributed by atoms with van der Waals surface area (Å²) in [6.07, 6.45) is 1.96. The molecule has 0 bridgehead atoms. The molecule has 6 heteroatoms. The van der Waals surface area contributed by atoms with Gasteiger partial charge in [-0.15, -0.1) is 22.0 Å². The van der Waals surface area contributed by atoms with E-state index >= 15 is 0 Å². The molecule has 2 aromatic rings. The molecule has 112 valence electrons. The van der Waals surface area contributed by atoms with E-state index in [0.717, 1.165) is 31.0 Å². The molecule has 1 aromatic carbocycles. The summed E-state index contributed by atoms with van der Waals surface area (Å²) in [6.45, 7) is 3.22. The van der Waals surface area contributed by atoms with Crippen molar-refractivity contribution in [3.05, 3.63) is 35.7 Å². The third-order valence-corrected chi connectivity index (χ3v) is 5.04. The van der Waals surface area contributed by atoms with Crippen LogP contribution in [0.5, 0.6) is 0 Å². The van der Waals surface area contributed by atoms with E-state index in [9.17, 15) is 0 Å². The zero-order valence-electron chi connectivity index (χ0n) is 12.5. The topological polar surface area (TPSA) is 55.6 Å². The number of aromatic nitrogens is 4. The molecule has 2 unspecified atom stereocenters. The van der Waals surface area contributed by atoms with Crippen LogP contribution < -0.4 is 5.32 Å². The van der Waals surface area contributed by atoms with Gasteiger partial charge in [0, 0.05) is 29.0 Å². The van der Waals surface area contributed by atoms with Gasteiger partial charge in [-0.25, -0.2) is 0 Å². The molecule has 0 fully saturated rings. The molecule has 0 radical (unpaired) electrons. The highest BCUT2D eigenvalue weighted by atomic mass is 32.2. The third kappa shape index (κ3) is 3.27. The van der Waals surface area contributed by atoms with Gasteiger partial charge in [-0.3, -0.25) is 0 Å². The first-order valence-electron chi connectivity index (χ1n) is 7.46. The average molecular weight is 303 g/mol. The molecular weight excluding hydrogens is 282 g/mol. The quantitative estimate of drug-likeness (QED) is 0.884. The molecule has 21 heavy (non-hydrogen) atoms. The second-order valence-electron chi connectivity index (χ2n) is 5.42. The van der Waals surface area contributed by atoms with Gasteiger partial charge in [0.15, 0.2) is 5.82 Å². The fourth-order valence-electron chi connectivity index (χ4n) is 2.81. The van der Waals surface area contributed by atoms with Crippen LogP contribution in [0.15, 0.2) is 29.2 Å². The van der Waals surface area contributed by atoms with E-state index in [1.165, 1.54) is 15.3 Å². The summed E-state index contributed by atoms with van der Waals surface area (Å²) >= 11 is 1.95. The summed E-state index contributed by atoms with van der Waals surface area (Å²) in [7, 11) is 1.81. The highest BCUT2D eigenvalue weighted by Gasteiger charge is 2.30. The number of aryl methyl sites for hydroxylation is 1. The van der Waals surface area contributed by atoms with Crippen molar-refractivity contribution in [3.8, 4) is 0 Å². The SMILES string of the molecule is CCCNC(Cc1nnn(C)n1)C1CSc2ccccc21. The van der Waals surface area contributed by atoms with Crippen molar-refractivity contribution < 1.29 is 0 Å². The van der Waals surface area contributed by atoms with Crippen molar-refractivity contribution in [1.29, 1.82) is 0 Å². The second-order valence-corrected chi connectivity index (χ2v) is 6.48. The molecule has 3 rings (SSSR count). The monoisotopic (exact) mass is 303 g/mol. The van der Waals surface area contributed by atoms with Crippen molar-refractivity contribution in [2.24, 2.45) is 7.05 Å². The number of nitrogens with zero attached hydrogens (tertiary/aromatic N) is 4. The molecule has 0 spiro atoms. The Morgan fingerprint density at radius 3 is 3.05 bits per heavy atom. The van der Waals surface area contributed by atoms with Crippen LogP contribution in [0.2, 0.25) is 0 Å². The number of tetrazole rings is 1. The molecule has 1 aromatic heterocycles. The molecule has 0 saturated heterocycles. The minimum atomic E-state index is 0.366. The first kappa shape index (κ1) is 14.5. The molecule has 1 aliphatic heterocycles. The average Bonchev–Trinajstić information content (AvgIpc) is 3.09. The zero-order chi connectivity index (χ0) is 14.7. The smallest absolute Gasteiger partial charge is 0.176 e. The molecule has 2 heterocycles. The van der Waals surface area contributed by atoms with E-state index < -0.39 is 0 Å². The Labute approximate surface area is 129 Å². The van der Waals surface area contributed by atoms with Gasteiger partial charge in [-0.05, 0) is 29.8 Å². The number of nitrogens with one attached hydrogen (secondary N) is 1. The fourth-order valence-corrected chi connectivity index (χ4v) is 4.14. The Bertz CT molecular complexity index is 597. The number of hydrogen-bond acceptors (Lipinski definition) is 5. The minimum absolute atomic E-state index is 0.366. The third-order valence-electron chi connectivity index (χ3n) is 3.83. The molecule has 1 aliphatic rings. The zero-order valence-corrected chi connectivity index (χ0v) is 13.3. The van der Waals surface area contributed by atoms with E-state index in [-0.39, 0.29) is 0 Å². The summed E-state index contributed by atoms with van der Waals surface area (Å²) in [5.41, 5.74) is 1.46. The predicted molar refractivity (Wildman–Crippen MR) is 84.5 cm³/mol. The first-order valence-corrected chi connectivity index (χ1v) is 8.44. The normalized spacial score (nSPS) is 18.7. The number of rotatable bonds is 6. The highest BCUT2D eigenvalue weighted by Crippen LogP contribution is 2.41. The van der Waals surface area contributed by atoms with Crippen LogP contribution in [0.3, 0.4) is 0 Å². The Balaban J connectivity index is 1.79. The Hall–Kier alpha value is -1.40. The molecule has 1 N–H and O–H groups in total. The van der Waals surface area contributed by atoms with Crippen molar-refractivity contribution in [2.45, 2.75) is 36.6 Å². The Kier molecular flexibility index (Phi) is 4.55. The van der Waals surface area contributed by atoms with E-state index in [1.54, 1.807) is 0 Å².